The van der Waals surface area contributed by atoms with E-state index in [4.69, 9.17) is 4.52 Å². The molecule has 1 aromatic carbocycles. The van der Waals surface area contributed by atoms with Crippen molar-refractivity contribution in [2.75, 3.05) is 10.6 Å². The Kier molecular flexibility index (Phi) is 5.31. The number of carbonyl (C=O) groups is 1. The van der Waals surface area contributed by atoms with Crippen molar-refractivity contribution < 1.29 is 9.32 Å². The van der Waals surface area contributed by atoms with E-state index in [1.807, 2.05) is 25.1 Å². The van der Waals surface area contributed by atoms with Gasteiger partial charge in [0.1, 0.15) is 11.6 Å². The topological polar surface area (TPSA) is 80.0 Å². The summed E-state index contributed by atoms with van der Waals surface area (Å²) >= 11 is 0. The molecule has 3 aromatic rings. The summed E-state index contributed by atoms with van der Waals surface area (Å²) in [5, 5.41) is 9.97. The second kappa shape index (κ2) is 7.82. The number of pyridine rings is 1. The van der Waals surface area contributed by atoms with E-state index in [1.54, 1.807) is 24.4 Å². The predicted octanol–water partition coefficient (Wildman–Crippen LogP) is 4.50. The highest BCUT2D eigenvalue weighted by Gasteiger charge is 2.13. The maximum atomic E-state index is 12.8. The highest BCUT2D eigenvalue weighted by atomic mass is 16.5. The zero-order valence-corrected chi connectivity index (χ0v) is 15.2. The number of nitrogens with zero attached hydrogens (tertiary/aromatic N) is 2. The van der Waals surface area contributed by atoms with E-state index >= 15 is 0 Å². The van der Waals surface area contributed by atoms with E-state index in [0.717, 1.165) is 29.7 Å². The molecule has 0 spiro atoms. The Balaban J connectivity index is 1.82. The summed E-state index contributed by atoms with van der Waals surface area (Å²) in [6.45, 7) is 5.98. The van der Waals surface area contributed by atoms with Crippen molar-refractivity contribution in [2.45, 2.75) is 33.6 Å². The number of hydrogen-bond acceptors (Lipinski definition) is 5. The third-order valence-electron chi connectivity index (χ3n) is 4.14. The molecule has 2 N–H and O–H groups in total. The molecule has 0 radical (unpaired) electrons. The molecule has 0 saturated heterocycles. The fourth-order valence-electron chi connectivity index (χ4n) is 2.79. The number of amides is 1. The van der Waals surface area contributed by atoms with Gasteiger partial charge in [0.05, 0.1) is 0 Å². The number of hydrogen-bond donors (Lipinski definition) is 2. The molecule has 0 aliphatic heterocycles. The van der Waals surface area contributed by atoms with E-state index in [0.29, 0.717) is 23.0 Å². The van der Waals surface area contributed by atoms with Crippen molar-refractivity contribution >= 4 is 23.2 Å². The van der Waals surface area contributed by atoms with Gasteiger partial charge in [-0.2, -0.15) is 0 Å². The number of aryl methyl sites for hydroxylation is 3. The van der Waals surface area contributed by atoms with Gasteiger partial charge in [0.2, 0.25) is 0 Å². The Morgan fingerprint density at radius 3 is 2.42 bits per heavy atom. The van der Waals surface area contributed by atoms with Crippen LogP contribution in [0.3, 0.4) is 0 Å². The Morgan fingerprint density at radius 2 is 1.81 bits per heavy atom. The Bertz CT molecular complexity index is 895. The van der Waals surface area contributed by atoms with E-state index < -0.39 is 0 Å². The van der Waals surface area contributed by atoms with Crippen molar-refractivity contribution in [2.24, 2.45) is 0 Å². The molecule has 0 aliphatic carbocycles. The van der Waals surface area contributed by atoms with Crippen LogP contribution >= 0.6 is 0 Å². The van der Waals surface area contributed by atoms with Gasteiger partial charge in [-0.05, 0) is 43.0 Å². The molecule has 6 heteroatoms. The standard InChI is InChI=1S/C20H22N4O2/c1-4-14-7-6-8-15(5-2)19(14)23-20(25)16-9-10-21-17(12-16)22-18-11-13(3)26-24-18/h6-12H,4-5H2,1-3H3,(H,23,25)(H,21,22,24). The van der Waals surface area contributed by atoms with Crippen LogP contribution in [0.4, 0.5) is 17.3 Å². The molecule has 2 aromatic heterocycles. The molecule has 0 fully saturated rings. The summed E-state index contributed by atoms with van der Waals surface area (Å²) in [6, 6.07) is 11.3. The van der Waals surface area contributed by atoms with Crippen LogP contribution in [0, 0.1) is 6.92 Å². The van der Waals surface area contributed by atoms with E-state index in [-0.39, 0.29) is 5.91 Å². The first-order chi connectivity index (χ1) is 12.6. The normalized spacial score (nSPS) is 10.6. The smallest absolute Gasteiger partial charge is 0.255 e. The molecule has 0 aliphatic rings. The number of nitrogens with one attached hydrogen (secondary N) is 2. The van der Waals surface area contributed by atoms with Crippen molar-refractivity contribution in [3.63, 3.8) is 0 Å². The van der Waals surface area contributed by atoms with Crippen LogP contribution in [0.25, 0.3) is 0 Å². The molecule has 0 bridgehead atoms. The van der Waals surface area contributed by atoms with Crippen LogP contribution in [0.2, 0.25) is 0 Å². The minimum absolute atomic E-state index is 0.164. The Hall–Kier alpha value is -3.15. The predicted molar refractivity (Wildman–Crippen MR) is 102 cm³/mol. The van der Waals surface area contributed by atoms with E-state index in [9.17, 15) is 4.79 Å². The molecule has 26 heavy (non-hydrogen) atoms. The number of rotatable bonds is 6. The van der Waals surface area contributed by atoms with Gasteiger partial charge in [-0.3, -0.25) is 4.79 Å². The zero-order valence-electron chi connectivity index (χ0n) is 15.2. The number of benzene rings is 1. The lowest BCUT2D eigenvalue weighted by atomic mass is 10.0. The van der Waals surface area contributed by atoms with Gasteiger partial charge in [-0.25, -0.2) is 4.98 Å². The highest BCUT2D eigenvalue weighted by Crippen LogP contribution is 2.24. The molecular weight excluding hydrogens is 328 g/mol. The summed E-state index contributed by atoms with van der Waals surface area (Å²) in [6.07, 6.45) is 3.31. The lowest BCUT2D eigenvalue weighted by Gasteiger charge is -2.14. The molecule has 0 saturated carbocycles. The molecule has 134 valence electrons. The summed E-state index contributed by atoms with van der Waals surface area (Å²) in [5.74, 6) is 1.62. The lowest BCUT2D eigenvalue weighted by molar-refractivity contribution is 0.102. The largest absolute Gasteiger partial charge is 0.360 e. The maximum absolute atomic E-state index is 12.8. The minimum Gasteiger partial charge on any atom is -0.360 e. The Morgan fingerprint density at radius 1 is 1.08 bits per heavy atom. The SMILES string of the molecule is CCc1cccc(CC)c1NC(=O)c1ccnc(Nc2cc(C)on2)c1. The van der Waals surface area contributed by atoms with Crippen LogP contribution < -0.4 is 10.6 Å². The highest BCUT2D eigenvalue weighted by molar-refractivity contribution is 6.05. The van der Waals surface area contributed by atoms with Crippen LogP contribution in [-0.2, 0) is 12.8 Å². The van der Waals surface area contributed by atoms with Crippen molar-refractivity contribution in [3.8, 4) is 0 Å². The van der Waals surface area contributed by atoms with Crippen LogP contribution in [-0.4, -0.2) is 16.0 Å². The van der Waals surface area contributed by atoms with Gasteiger partial charge in [-0.15, -0.1) is 0 Å². The van der Waals surface area contributed by atoms with Crippen LogP contribution in [0.5, 0.6) is 0 Å². The number of aromatic nitrogens is 2. The molecule has 2 heterocycles. The average Bonchev–Trinajstić information content (AvgIpc) is 3.06. The monoisotopic (exact) mass is 350 g/mol. The van der Waals surface area contributed by atoms with Crippen LogP contribution in [0.1, 0.15) is 41.1 Å². The summed E-state index contributed by atoms with van der Waals surface area (Å²) in [4.78, 5) is 17.0. The van der Waals surface area contributed by atoms with E-state index in [2.05, 4.69) is 34.6 Å². The van der Waals surface area contributed by atoms with Crippen molar-refractivity contribution in [1.29, 1.82) is 0 Å². The fourth-order valence-corrected chi connectivity index (χ4v) is 2.79. The lowest BCUT2D eigenvalue weighted by Crippen LogP contribution is -2.15. The maximum Gasteiger partial charge on any atom is 0.255 e. The first-order valence-corrected chi connectivity index (χ1v) is 8.69. The second-order valence-corrected chi connectivity index (χ2v) is 5.99. The minimum atomic E-state index is -0.164. The van der Waals surface area contributed by atoms with Gasteiger partial charge in [0.25, 0.3) is 5.91 Å². The number of carbonyl (C=O) groups excluding carboxylic acids is 1. The van der Waals surface area contributed by atoms with Gasteiger partial charge >= 0.3 is 0 Å². The molecule has 1 amide bonds. The molecule has 6 nitrogen and oxygen atoms in total. The summed E-state index contributed by atoms with van der Waals surface area (Å²) < 4.78 is 5.02. The van der Waals surface area contributed by atoms with Gasteiger partial charge in [0.15, 0.2) is 5.82 Å². The molecule has 3 rings (SSSR count). The summed E-state index contributed by atoms with van der Waals surface area (Å²) in [5.41, 5.74) is 3.68. The molecule has 0 atom stereocenters. The van der Waals surface area contributed by atoms with Gasteiger partial charge in [-0.1, -0.05) is 37.2 Å². The van der Waals surface area contributed by atoms with Gasteiger partial charge < -0.3 is 15.2 Å². The second-order valence-electron chi connectivity index (χ2n) is 5.99. The summed E-state index contributed by atoms with van der Waals surface area (Å²) in [7, 11) is 0. The van der Waals surface area contributed by atoms with Gasteiger partial charge in [0, 0.05) is 23.5 Å². The number of para-hydroxylation sites is 1. The number of anilines is 3. The Labute approximate surface area is 152 Å². The third kappa shape index (κ3) is 3.91. The van der Waals surface area contributed by atoms with Crippen LogP contribution in [0.15, 0.2) is 47.1 Å². The fraction of sp³-hybridized carbons (Fsp3) is 0.250. The quantitative estimate of drug-likeness (QED) is 0.684. The van der Waals surface area contributed by atoms with E-state index in [1.165, 1.54) is 0 Å². The average molecular weight is 350 g/mol. The third-order valence-corrected chi connectivity index (χ3v) is 4.14. The van der Waals surface area contributed by atoms with Crippen molar-refractivity contribution in [1.82, 2.24) is 10.1 Å². The first-order valence-electron chi connectivity index (χ1n) is 8.69. The zero-order chi connectivity index (χ0) is 18.5. The molecular formula is C20H22N4O2. The molecule has 0 unspecified atom stereocenters. The van der Waals surface area contributed by atoms with Crippen molar-refractivity contribution in [3.05, 3.63) is 65.0 Å². The first kappa shape index (κ1) is 17.7.